The molecule has 0 saturated carbocycles. The Morgan fingerprint density at radius 3 is 2.68 bits per heavy atom. The quantitative estimate of drug-likeness (QED) is 0.910. The summed E-state index contributed by atoms with van der Waals surface area (Å²) in [5.41, 5.74) is 0.571. The number of nitrogens with one attached hydrogen (secondary N) is 1. The summed E-state index contributed by atoms with van der Waals surface area (Å²) in [4.78, 5) is 14.1. The molecule has 1 aliphatic heterocycles. The first-order valence-corrected chi connectivity index (χ1v) is 7.29. The van der Waals surface area contributed by atoms with Gasteiger partial charge in [0.15, 0.2) is 0 Å². The lowest BCUT2D eigenvalue weighted by Crippen LogP contribution is -2.43. The van der Waals surface area contributed by atoms with Crippen molar-refractivity contribution in [1.29, 1.82) is 0 Å². The van der Waals surface area contributed by atoms with Crippen molar-refractivity contribution in [2.75, 3.05) is 24.5 Å². The standard InChI is InChI=1S/C13H21ClN4O/c1-3-15-10-5-7-17(8-6-10)11-9-16-18(4-2)13(19)12(11)14/h9-10,15H,3-8H2,1-2H3. The molecule has 1 aromatic heterocycles. The molecule has 0 unspecified atom stereocenters. The van der Waals surface area contributed by atoms with Crippen LogP contribution in [0.2, 0.25) is 5.02 Å². The summed E-state index contributed by atoms with van der Waals surface area (Å²) in [6, 6.07) is 0.573. The third-order valence-corrected chi connectivity index (χ3v) is 3.95. The Kier molecular flexibility index (Phi) is 4.82. The van der Waals surface area contributed by atoms with Crippen LogP contribution in [0, 0.1) is 0 Å². The summed E-state index contributed by atoms with van der Waals surface area (Å²) in [6.07, 6.45) is 3.85. The second kappa shape index (κ2) is 6.39. The van der Waals surface area contributed by atoms with Crippen LogP contribution in [0.1, 0.15) is 26.7 Å². The molecule has 0 aromatic carbocycles. The summed E-state index contributed by atoms with van der Waals surface area (Å²) < 4.78 is 1.39. The molecule has 2 heterocycles. The molecule has 1 aliphatic rings. The third-order valence-electron chi connectivity index (χ3n) is 3.59. The van der Waals surface area contributed by atoms with E-state index >= 15 is 0 Å². The van der Waals surface area contributed by atoms with Crippen LogP contribution in [-0.2, 0) is 6.54 Å². The summed E-state index contributed by atoms with van der Waals surface area (Å²) in [5, 5.41) is 7.90. The van der Waals surface area contributed by atoms with Gasteiger partial charge in [-0.2, -0.15) is 5.10 Å². The second-order valence-electron chi connectivity index (χ2n) is 4.78. The van der Waals surface area contributed by atoms with E-state index < -0.39 is 0 Å². The largest absolute Gasteiger partial charge is 0.369 e. The maximum atomic E-state index is 12.0. The van der Waals surface area contributed by atoms with Gasteiger partial charge in [0.25, 0.3) is 5.56 Å². The van der Waals surface area contributed by atoms with E-state index in [1.54, 1.807) is 6.20 Å². The van der Waals surface area contributed by atoms with Crippen molar-refractivity contribution in [3.63, 3.8) is 0 Å². The van der Waals surface area contributed by atoms with E-state index in [-0.39, 0.29) is 5.56 Å². The zero-order chi connectivity index (χ0) is 13.8. The van der Waals surface area contributed by atoms with Crippen LogP contribution < -0.4 is 15.8 Å². The number of anilines is 1. The molecule has 5 nitrogen and oxygen atoms in total. The van der Waals surface area contributed by atoms with E-state index in [9.17, 15) is 4.79 Å². The molecule has 0 bridgehead atoms. The Balaban J connectivity index is 2.12. The van der Waals surface area contributed by atoms with Gasteiger partial charge in [-0.15, -0.1) is 0 Å². The Morgan fingerprint density at radius 2 is 2.11 bits per heavy atom. The first-order valence-electron chi connectivity index (χ1n) is 6.91. The SMILES string of the molecule is CCNC1CCN(c2cnn(CC)c(=O)c2Cl)CC1. The van der Waals surface area contributed by atoms with Gasteiger partial charge >= 0.3 is 0 Å². The zero-order valence-electron chi connectivity index (χ0n) is 11.5. The van der Waals surface area contributed by atoms with Crippen molar-refractivity contribution in [3.8, 4) is 0 Å². The Morgan fingerprint density at radius 1 is 1.42 bits per heavy atom. The predicted octanol–water partition coefficient (Wildman–Crippen LogP) is 1.49. The number of piperidine rings is 1. The van der Waals surface area contributed by atoms with Crippen molar-refractivity contribution >= 4 is 17.3 Å². The van der Waals surface area contributed by atoms with Gasteiger partial charge in [0, 0.05) is 25.7 Å². The van der Waals surface area contributed by atoms with E-state index in [0.29, 0.717) is 17.6 Å². The number of hydrogen-bond acceptors (Lipinski definition) is 4. The molecule has 1 saturated heterocycles. The fourth-order valence-corrected chi connectivity index (χ4v) is 2.78. The molecular weight excluding hydrogens is 264 g/mol. The molecule has 0 radical (unpaired) electrons. The van der Waals surface area contributed by atoms with Crippen molar-refractivity contribution in [2.24, 2.45) is 0 Å². The predicted molar refractivity (Wildman–Crippen MR) is 78.1 cm³/mol. The Labute approximate surface area is 118 Å². The highest BCUT2D eigenvalue weighted by atomic mass is 35.5. The number of aromatic nitrogens is 2. The first kappa shape index (κ1) is 14.3. The summed E-state index contributed by atoms with van der Waals surface area (Å²) in [5.74, 6) is 0. The minimum atomic E-state index is -0.199. The van der Waals surface area contributed by atoms with Gasteiger partial charge in [-0.25, -0.2) is 4.68 Å². The summed E-state index contributed by atoms with van der Waals surface area (Å²) >= 11 is 6.18. The minimum Gasteiger partial charge on any atom is -0.369 e. The van der Waals surface area contributed by atoms with Crippen LogP contribution in [0.3, 0.4) is 0 Å². The maximum Gasteiger partial charge on any atom is 0.287 e. The van der Waals surface area contributed by atoms with Crippen LogP contribution in [0.4, 0.5) is 5.69 Å². The normalized spacial score (nSPS) is 16.9. The first-order chi connectivity index (χ1) is 9.17. The molecule has 106 valence electrons. The van der Waals surface area contributed by atoms with Gasteiger partial charge < -0.3 is 10.2 Å². The lowest BCUT2D eigenvalue weighted by atomic mass is 10.0. The molecule has 1 fully saturated rings. The zero-order valence-corrected chi connectivity index (χ0v) is 12.3. The number of hydrogen-bond donors (Lipinski definition) is 1. The fourth-order valence-electron chi connectivity index (χ4n) is 2.52. The topological polar surface area (TPSA) is 50.2 Å². The molecule has 0 atom stereocenters. The van der Waals surface area contributed by atoms with Crippen LogP contribution >= 0.6 is 11.6 Å². The minimum absolute atomic E-state index is 0.199. The average Bonchev–Trinajstić information content (AvgIpc) is 2.43. The van der Waals surface area contributed by atoms with E-state index in [2.05, 4.69) is 22.2 Å². The third kappa shape index (κ3) is 3.09. The van der Waals surface area contributed by atoms with Crippen molar-refractivity contribution in [2.45, 2.75) is 39.3 Å². The highest BCUT2D eigenvalue weighted by Gasteiger charge is 2.21. The average molecular weight is 285 g/mol. The highest BCUT2D eigenvalue weighted by Crippen LogP contribution is 2.24. The fraction of sp³-hybridized carbons (Fsp3) is 0.692. The molecule has 0 amide bonds. The number of halogens is 1. The molecule has 1 aromatic rings. The van der Waals surface area contributed by atoms with Crippen molar-refractivity contribution < 1.29 is 0 Å². The number of nitrogens with zero attached hydrogens (tertiary/aromatic N) is 3. The smallest absolute Gasteiger partial charge is 0.287 e. The van der Waals surface area contributed by atoms with E-state index in [1.807, 2.05) is 6.92 Å². The van der Waals surface area contributed by atoms with Gasteiger partial charge in [-0.3, -0.25) is 4.79 Å². The van der Waals surface area contributed by atoms with E-state index in [1.165, 1.54) is 4.68 Å². The number of rotatable bonds is 4. The van der Waals surface area contributed by atoms with E-state index in [4.69, 9.17) is 11.6 Å². The molecule has 0 spiro atoms. The van der Waals surface area contributed by atoms with Crippen LogP contribution in [0.15, 0.2) is 11.0 Å². The van der Waals surface area contributed by atoms with Crippen molar-refractivity contribution in [1.82, 2.24) is 15.1 Å². The van der Waals surface area contributed by atoms with Crippen molar-refractivity contribution in [3.05, 3.63) is 21.6 Å². The summed E-state index contributed by atoms with van der Waals surface area (Å²) in [7, 11) is 0. The lowest BCUT2D eigenvalue weighted by molar-refractivity contribution is 0.423. The molecule has 1 N–H and O–H groups in total. The van der Waals surface area contributed by atoms with Gasteiger partial charge in [-0.05, 0) is 26.3 Å². The Bertz CT molecular complexity index is 480. The van der Waals surface area contributed by atoms with Gasteiger partial charge in [0.1, 0.15) is 5.02 Å². The highest BCUT2D eigenvalue weighted by molar-refractivity contribution is 6.33. The van der Waals surface area contributed by atoms with Crippen LogP contribution in [0.5, 0.6) is 0 Å². The molecule has 2 rings (SSSR count). The summed E-state index contributed by atoms with van der Waals surface area (Å²) in [6.45, 7) is 7.37. The lowest BCUT2D eigenvalue weighted by Gasteiger charge is -2.34. The Hall–Kier alpha value is -1.07. The van der Waals surface area contributed by atoms with Gasteiger partial charge in [0.2, 0.25) is 0 Å². The van der Waals surface area contributed by atoms with E-state index in [0.717, 1.165) is 38.2 Å². The molecule has 0 aliphatic carbocycles. The maximum absolute atomic E-state index is 12.0. The van der Waals surface area contributed by atoms with Crippen LogP contribution in [-0.4, -0.2) is 35.5 Å². The molecular formula is C13H21ClN4O. The van der Waals surface area contributed by atoms with Gasteiger partial charge in [-0.1, -0.05) is 18.5 Å². The number of aryl methyl sites for hydroxylation is 1. The second-order valence-corrected chi connectivity index (χ2v) is 5.16. The molecule has 19 heavy (non-hydrogen) atoms. The molecule has 6 heteroatoms. The van der Waals surface area contributed by atoms with Crippen LogP contribution in [0.25, 0.3) is 0 Å². The monoisotopic (exact) mass is 284 g/mol. The van der Waals surface area contributed by atoms with Gasteiger partial charge in [0.05, 0.1) is 11.9 Å².